The van der Waals surface area contributed by atoms with Crippen molar-refractivity contribution in [2.75, 3.05) is 18.4 Å². The lowest BCUT2D eigenvalue weighted by atomic mass is 10.1. The SMILES string of the molecule is Cc1cc(Br)cc(F)c1Nc1cc(=O)[nH]c2c1c(=O)n(C1CC1)c(=O)n2-c1cccc(S(=O)(=O)N2CCCC2)c1. The first-order chi connectivity index (χ1) is 19.1. The summed E-state index contributed by atoms with van der Waals surface area (Å²) < 4.78 is 45.7. The first-order valence-electron chi connectivity index (χ1n) is 12.8. The highest BCUT2D eigenvalue weighted by atomic mass is 79.9. The molecule has 6 rings (SSSR count). The lowest BCUT2D eigenvalue weighted by Crippen LogP contribution is -2.40. The van der Waals surface area contributed by atoms with Crippen LogP contribution >= 0.6 is 15.9 Å². The van der Waals surface area contributed by atoms with Gasteiger partial charge in [-0.05, 0) is 68.5 Å². The molecule has 0 spiro atoms. The van der Waals surface area contributed by atoms with Crippen molar-refractivity contribution in [3.8, 4) is 5.69 Å². The van der Waals surface area contributed by atoms with Gasteiger partial charge in [0.15, 0.2) is 0 Å². The quantitative estimate of drug-likeness (QED) is 0.333. The van der Waals surface area contributed by atoms with Gasteiger partial charge in [0.05, 0.1) is 22.0 Å². The van der Waals surface area contributed by atoms with Crippen LogP contribution in [0, 0.1) is 12.7 Å². The van der Waals surface area contributed by atoms with Crippen molar-refractivity contribution in [1.29, 1.82) is 0 Å². The Bertz CT molecular complexity index is 1950. The molecule has 13 heteroatoms. The Hall–Kier alpha value is -3.55. The van der Waals surface area contributed by atoms with E-state index in [1.807, 2.05) is 0 Å². The number of H-pyrrole nitrogens is 1. The van der Waals surface area contributed by atoms with Crippen LogP contribution in [0.15, 0.2) is 66.2 Å². The van der Waals surface area contributed by atoms with Crippen LogP contribution in [0.3, 0.4) is 0 Å². The van der Waals surface area contributed by atoms with Gasteiger partial charge in [0.2, 0.25) is 10.0 Å². The highest BCUT2D eigenvalue weighted by Crippen LogP contribution is 2.34. The van der Waals surface area contributed by atoms with E-state index < -0.39 is 32.6 Å². The van der Waals surface area contributed by atoms with E-state index in [4.69, 9.17) is 0 Å². The van der Waals surface area contributed by atoms with Crippen LogP contribution in [0.4, 0.5) is 15.8 Å². The largest absolute Gasteiger partial charge is 0.352 e. The van der Waals surface area contributed by atoms with Crippen LogP contribution < -0.4 is 22.1 Å². The molecule has 0 unspecified atom stereocenters. The van der Waals surface area contributed by atoms with E-state index in [0.29, 0.717) is 36.0 Å². The number of anilines is 2. The van der Waals surface area contributed by atoms with Crippen LogP contribution in [-0.4, -0.2) is 39.9 Å². The van der Waals surface area contributed by atoms with Crippen molar-refractivity contribution in [3.05, 3.63) is 89.5 Å². The van der Waals surface area contributed by atoms with Gasteiger partial charge >= 0.3 is 5.69 Å². The number of nitrogens with one attached hydrogen (secondary N) is 2. The van der Waals surface area contributed by atoms with Gasteiger partial charge in [-0.2, -0.15) is 4.31 Å². The number of aromatic nitrogens is 3. The number of halogens is 2. The summed E-state index contributed by atoms with van der Waals surface area (Å²) in [6, 6.07) is 9.64. The fraction of sp³-hybridized carbons (Fsp3) is 0.296. The molecule has 0 bridgehead atoms. The average Bonchev–Trinajstić information content (AvgIpc) is 3.55. The van der Waals surface area contributed by atoms with E-state index >= 15 is 0 Å². The summed E-state index contributed by atoms with van der Waals surface area (Å²) >= 11 is 3.25. The van der Waals surface area contributed by atoms with E-state index in [2.05, 4.69) is 26.2 Å². The summed E-state index contributed by atoms with van der Waals surface area (Å²) in [5.41, 5.74) is -1.29. The molecule has 1 aliphatic heterocycles. The zero-order valence-electron chi connectivity index (χ0n) is 21.4. The summed E-state index contributed by atoms with van der Waals surface area (Å²) in [6.07, 6.45) is 2.78. The van der Waals surface area contributed by atoms with Gasteiger partial charge in [-0.25, -0.2) is 22.2 Å². The van der Waals surface area contributed by atoms with Crippen LogP contribution in [0.1, 0.15) is 37.3 Å². The van der Waals surface area contributed by atoms with Crippen LogP contribution in [0.25, 0.3) is 16.7 Å². The Morgan fingerprint density at radius 1 is 1.05 bits per heavy atom. The smallest absolute Gasteiger partial charge is 0.337 e. The molecule has 3 heterocycles. The van der Waals surface area contributed by atoms with Crippen molar-refractivity contribution >= 4 is 48.4 Å². The van der Waals surface area contributed by atoms with Gasteiger partial charge < -0.3 is 10.3 Å². The van der Waals surface area contributed by atoms with Gasteiger partial charge in [-0.15, -0.1) is 0 Å². The zero-order chi connectivity index (χ0) is 28.3. The van der Waals surface area contributed by atoms with E-state index in [-0.39, 0.29) is 39.0 Å². The molecule has 40 heavy (non-hydrogen) atoms. The molecular formula is C27H25BrFN5O5S. The molecule has 1 aliphatic carbocycles. The number of nitrogens with zero attached hydrogens (tertiary/aromatic N) is 3. The summed E-state index contributed by atoms with van der Waals surface area (Å²) in [5.74, 6) is -0.601. The molecule has 0 radical (unpaired) electrons. The molecule has 1 saturated heterocycles. The van der Waals surface area contributed by atoms with E-state index in [1.54, 1.807) is 19.1 Å². The molecule has 2 fully saturated rings. The maximum Gasteiger partial charge on any atom is 0.337 e. The van der Waals surface area contributed by atoms with E-state index in [0.717, 1.165) is 28.0 Å². The first-order valence-corrected chi connectivity index (χ1v) is 15.1. The second-order valence-electron chi connectivity index (χ2n) is 10.1. The minimum atomic E-state index is -3.81. The summed E-state index contributed by atoms with van der Waals surface area (Å²) in [6.45, 7) is 2.50. The number of aromatic amines is 1. The molecule has 2 N–H and O–H groups in total. The number of sulfonamides is 1. The van der Waals surface area contributed by atoms with Gasteiger partial charge in [0.25, 0.3) is 11.1 Å². The van der Waals surface area contributed by atoms with Crippen molar-refractivity contribution in [1.82, 2.24) is 18.4 Å². The Balaban J connectivity index is 1.62. The van der Waals surface area contributed by atoms with Crippen LogP contribution in [0.5, 0.6) is 0 Å². The lowest BCUT2D eigenvalue weighted by Gasteiger charge is -2.19. The molecule has 208 valence electrons. The number of fused-ring (bicyclic) bond motifs is 1. The fourth-order valence-electron chi connectivity index (χ4n) is 5.19. The molecule has 0 atom stereocenters. The normalized spacial score (nSPS) is 16.1. The standard InChI is InChI=1S/C27H25BrFN5O5S/c1-15-11-16(28)12-20(29)24(15)30-21-14-22(35)31-25-23(21)26(36)34(17-7-8-17)27(37)33(25)18-5-4-6-19(13-18)40(38,39)32-9-2-3-10-32/h4-6,11-14,17H,2-3,7-10H2,1H3,(H2,30,31,35). The molecule has 10 nitrogen and oxygen atoms in total. The highest BCUT2D eigenvalue weighted by molar-refractivity contribution is 9.10. The highest BCUT2D eigenvalue weighted by Gasteiger charge is 2.31. The first kappa shape index (κ1) is 26.7. The minimum absolute atomic E-state index is 0.000284. The Kier molecular flexibility index (Phi) is 6.55. The Labute approximate surface area is 236 Å². The number of hydrogen-bond acceptors (Lipinski definition) is 6. The molecule has 0 amide bonds. The van der Waals surface area contributed by atoms with Gasteiger partial charge in [-0.1, -0.05) is 22.0 Å². The van der Waals surface area contributed by atoms with Crippen molar-refractivity contribution < 1.29 is 12.8 Å². The van der Waals surface area contributed by atoms with E-state index in [9.17, 15) is 27.2 Å². The zero-order valence-corrected chi connectivity index (χ0v) is 23.8. The predicted octanol–water partition coefficient (Wildman–Crippen LogP) is 3.91. The third kappa shape index (κ3) is 4.51. The van der Waals surface area contributed by atoms with Crippen LogP contribution in [0.2, 0.25) is 0 Å². The minimum Gasteiger partial charge on any atom is -0.352 e. The van der Waals surface area contributed by atoms with Crippen LogP contribution in [-0.2, 0) is 10.0 Å². The molecule has 2 aromatic heterocycles. The van der Waals surface area contributed by atoms with Gasteiger partial charge in [-0.3, -0.25) is 14.2 Å². The lowest BCUT2D eigenvalue weighted by molar-refractivity contribution is 0.477. The molecule has 4 aromatic rings. The van der Waals surface area contributed by atoms with Crippen molar-refractivity contribution in [2.24, 2.45) is 0 Å². The Morgan fingerprint density at radius 2 is 1.77 bits per heavy atom. The maximum absolute atomic E-state index is 14.9. The molecular weight excluding hydrogens is 605 g/mol. The molecule has 2 aliphatic rings. The number of aryl methyl sites for hydroxylation is 1. The topological polar surface area (TPSA) is 126 Å². The number of benzene rings is 2. The van der Waals surface area contributed by atoms with Gasteiger partial charge in [0.1, 0.15) is 16.9 Å². The Morgan fingerprint density at radius 3 is 2.45 bits per heavy atom. The summed E-state index contributed by atoms with van der Waals surface area (Å²) in [4.78, 5) is 43.0. The second-order valence-corrected chi connectivity index (χ2v) is 13.0. The third-order valence-corrected chi connectivity index (χ3v) is 9.63. The molecule has 2 aromatic carbocycles. The number of hydrogen-bond donors (Lipinski definition) is 2. The number of rotatable bonds is 6. The summed E-state index contributed by atoms with van der Waals surface area (Å²) in [5, 5.41) is 2.88. The van der Waals surface area contributed by atoms with E-state index in [1.165, 1.54) is 28.6 Å². The monoisotopic (exact) mass is 629 g/mol. The third-order valence-electron chi connectivity index (χ3n) is 7.28. The second kappa shape index (κ2) is 9.82. The predicted molar refractivity (Wildman–Crippen MR) is 153 cm³/mol. The number of pyridine rings is 1. The summed E-state index contributed by atoms with van der Waals surface area (Å²) in [7, 11) is -3.81. The fourth-order valence-corrected chi connectivity index (χ4v) is 7.29. The average molecular weight is 630 g/mol. The van der Waals surface area contributed by atoms with Crippen molar-refractivity contribution in [3.63, 3.8) is 0 Å². The van der Waals surface area contributed by atoms with Gasteiger partial charge in [0, 0.05) is 29.7 Å². The molecule has 1 saturated carbocycles. The maximum atomic E-state index is 14.9. The van der Waals surface area contributed by atoms with Crippen molar-refractivity contribution in [2.45, 2.75) is 43.5 Å².